The Hall–Kier alpha value is -2.35. The van der Waals surface area contributed by atoms with Gasteiger partial charge in [0.05, 0.1) is 5.71 Å². The van der Waals surface area contributed by atoms with Crippen LogP contribution in [0.4, 0.5) is 5.95 Å². The first-order valence-corrected chi connectivity index (χ1v) is 10.1. The van der Waals surface area contributed by atoms with Crippen LogP contribution in [0.15, 0.2) is 59.6 Å². The average Bonchev–Trinajstić information content (AvgIpc) is 2.92. The Morgan fingerprint density at radius 3 is 2.38 bits per heavy atom. The third-order valence-electron chi connectivity index (χ3n) is 5.62. The molecule has 3 aromatic rings. The van der Waals surface area contributed by atoms with Gasteiger partial charge in [-0.2, -0.15) is 0 Å². The van der Waals surface area contributed by atoms with Gasteiger partial charge in [0.2, 0.25) is 0 Å². The Bertz CT molecular complexity index is 1010. The number of hydrogen-bond donors (Lipinski definition) is 1. The van der Waals surface area contributed by atoms with Crippen LogP contribution in [0.3, 0.4) is 0 Å². The zero-order valence-electron chi connectivity index (χ0n) is 16.2. The van der Waals surface area contributed by atoms with E-state index < -0.39 is 0 Å². The summed E-state index contributed by atoms with van der Waals surface area (Å²) < 4.78 is 0. The van der Waals surface area contributed by atoms with Gasteiger partial charge in [0, 0.05) is 38.6 Å². The minimum atomic E-state index is 0. The standard InChI is InChI=1S/C24H23N4.Re/c1-3-9-17(10-4-1)22-20-13-7-8-14-21(20)23-18(15-25-22)16-26-24(28-23)27-19-11-5-2-6-12-19;/h1,3-4,7-10,13-14,19H,2,5-6,11-12,15H2,(H,26,27,28);/q-1;. The molecule has 5 rings (SSSR count). The van der Waals surface area contributed by atoms with E-state index in [4.69, 9.17) is 9.98 Å². The van der Waals surface area contributed by atoms with Gasteiger partial charge in [-0.15, -0.1) is 0 Å². The molecule has 2 aromatic carbocycles. The number of aromatic nitrogens is 2. The van der Waals surface area contributed by atoms with Crippen molar-refractivity contribution in [2.75, 3.05) is 5.32 Å². The van der Waals surface area contributed by atoms with Crippen LogP contribution >= 0.6 is 0 Å². The van der Waals surface area contributed by atoms with Crippen molar-refractivity contribution >= 4 is 11.7 Å². The Morgan fingerprint density at radius 1 is 0.862 bits per heavy atom. The molecule has 5 heteroatoms. The Kier molecular flexibility index (Phi) is 6.18. The molecule has 1 aliphatic heterocycles. The van der Waals surface area contributed by atoms with E-state index in [1.165, 1.54) is 32.1 Å². The smallest absolute Gasteiger partial charge is 0.107 e. The maximum Gasteiger partial charge on any atom is 0.107 e. The van der Waals surface area contributed by atoms with Crippen molar-refractivity contribution < 1.29 is 20.4 Å². The van der Waals surface area contributed by atoms with Crippen molar-refractivity contribution in [2.24, 2.45) is 4.99 Å². The number of hydrogen-bond acceptors (Lipinski definition) is 4. The van der Waals surface area contributed by atoms with Crippen molar-refractivity contribution in [1.29, 1.82) is 0 Å². The molecule has 0 spiro atoms. The molecule has 4 nitrogen and oxygen atoms in total. The fourth-order valence-corrected chi connectivity index (χ4v) is 4.18. The SMILES string of the molecule is [Re].[c-]1nc(NC2CCCCC2)nc2c1CN=C(c1ccccc1)c1ccccc1-2. The predicted molar refractivity (Wildman–Crippen MR) is 113 cm³/mol. The number of anilines is 1. The summed E-state index contributed by atoms with van der Waals surface area (Å²) in [6.45, 7) is 0.540. The molecule has 2 heterocycles. The van der Waals surface area contributed by atoms with E-state index in [1.807, 2.05) is 6.07 Å². The van der Waals surface area contributed by atoms with Crippen molar-refractivity contribution in [1.82, 2.24) is 9.97 Å². The number of rotatable bonds is 3. The number of aliphatic imine (C=N–C) groups is 1. The largest absolute Gasteiger partial charge is 0.404 e. The van der Waals surface area contributed by atoms with Gasteiger partial charge in [0.1, 0.15) is 5.95 Å². The van der Waals surface area contributed by atoms with Crippen LogP contribution in [-0.2, 0) is 27.0 Å². The van der Waals surface area contributed by atoms with E-state index in [0.29, 0.717) is 18.5 Å². The number of nitrogens with one attached hydrogen (secondary N) is 1. The molecule has 1 fully saturated rings. The monoisotopic (exact) mass is 554 g/mol. The summed E-state index contributed by atoms with van der Waals surface area (Å²) in [6, 6.07) is 19.2. The maximum absolute atomic E-state index is 4.91. The molecular weight excluding hydrogens is 530 g/mol. The maximum atomic E-state index is 4.91. The molecule has 1 saturated carbocycles. The van der Waals surface area contributed by atoms with Crippen LogP contribution in [0, 0.1) is 6.20 Å². The third kappa shape index (κ3) is 4.17. The van der Waals surface area contributed by atoms with E-state index >= 15 is 0 Å². The summed E-state index contributed by atoms with van der Waals surface area (Å²) >= 11 is 0. The average molecular weight is 554 g/mol. The van der Waals surface area contributed by atoms with Crippen LogP contribution < -0.4 is 5.32 Å². The first kappa shape index (κ1) is 19.9. The molecule has 0 bridgehead atoms. The van der Waals surface area contributed by atoms with Gasteiger partial charge in [-0.1, -0.05) is 85.6 Å². The summed E-state index contributed by atoms with van der Waals surface area (Å²) in [4.78, 5) is 14.3. The first-order chi connectivity index (χ1) is 13.9. The second-order valence-corrected chi connectivity index (χ2v) is 7.54. The van der Waals surface area contributed by atoms with E-state index in [9.17, 15) is 0 Å². The second-order valence-electron chi connectivity index (χ2n) is 7.54. The minimum Gasteiger partial charge on any atom is -0.404 e. The van der Waals surface area contributed by atoms with Gasteiger partial charge in [-0.25, -0.2) is 0 Å². The topological polar surface area (TPSA) is 50.2 Å². The van der Waals surface area contributed by atoms with Crippen molar-refractivity contribution in [3.05, 3.63) is 77.5 Å². The summed E-state index contributed by atoms with van der Waals surface area (Å²) in [7, 11) is 0. The quantitative estimate of drug-likeness (QED) is 0.463. The van der Waals surface area contributed by atoms with Gasteiger partial charge in [-0.3, -0.25) is 4.99 Å². The van der Waals surface area contributed by atoms with Gasteiger partial charge in [0.15, 0.2) is 0 Å². The van der Waals surface area contributed by atoms with Crippen LogP contribution in [0.1, 0.15) is 48.8 Å². The van der Waals surface area contributed by atoms with Crippen LogP contribution in [0.2, 0.25) is 0 Å². The Morgan fingerprint density at radius 2 is 1.59 bits per heavy atom. The van der Waals surface area contributed by atoms with Crippen molar-refractivity contribution in [3.8, 4) is 11.3 Å². The molecule has 1 radical (unpaired) electrons. The molecular formula is C24H23N4Re-. The molecule has 1 aromatic heterocycles. The summed E-state index contributed by atoms with van der Waals surface area (Å²) in [6.07, 6.45) is 9.50. The van der Waals surface area contributed by atoms with Gasteiger partial charge in [0.25, 0.3) is 0 Å². The summed E-state index contributed by atoms with van der Waals surface area (Å²) in [5, 5.41) is 3.53. The minimum absolute atomic E-state index is 0. The molecule has 0 amide bonds. The fourth-order valence-electron chi connectivity index (χ4n) is 4.18. The zero-order chi connectivity index (χ0) is 18.8. The van der Waals surface area contributed by atoms with E-state index in [1.54, 1.807) is 0 Å². The Labute approximate surface area is 185 Å². The van der Waals surface area contributed by atoms with Crippen LogP contribution in [-0.4, -0.2) is 21.7 Å². The number of benzene rings is 2. The molecule has 2 aliphatic rings. The van der Waals surface area contributed by atoms with Crippen molar-refractivity contribution in [3.63, 3.8) is 0 Å². The zero-order valence-corrected chi connectivity index (χ0v) is 19.0. The van der Waals surface area contributed by atoms with E-state index in [0.717, 1.165) is 33.7 Å². The van der Waals surface area contributed by atoms with Crippen LogP contribution in [0.25, 0.3) is 11.3 Å². The molecule has 1 aliphatic carbocycles. The number of fused-ring (bicyclic) bond motifs is 3. The Balaban J connectivity index is 0.00000205. The fraction of sp³-hybridized carbons (Fsp3) is 0.292. The van der Waals surface area contributed by atoms with Gasteiger partial charge in [-0.05, 0) is 29.7 Å². The van der Waals surface area contributed by atoms with E-state index in [2.05, 4.69) is 65.0 Å². The van der Waals surface area contributed by atoms with Crippen LogP contribution in [0.5, 0.6) is 0 Å². The molecule has 0 saturated heterocycles. The second kappa shape index (κ2) is 8.99. The molecule has 1 N–H and O–H groups in total. The summed E-state index contributed by atoms with van der Waals surface area (Å²) in [5.74, 6) is 0.684. The van der Waals surface area contributed by atoms with Gasteiger partial charge >= 0.3 is 0 Å². The van der Waals surface area contributed by atoms with Crippen molar-refractivity contribution in [2.45, 2.75) is 44.7 Å². The molecule has 147 valence electrons. The normalized spacial score (nSPS) is 15.9. The third-order valence-corrected chi connectivity index (χ3v) is 5.62. The molecule has 0 unspecified atom stereocenters. The van der Waals surface area contributed by atoms with E-state index in [-0.39, 0.29) is 20.4 Å². The predicted octanol–water partition coefficient (Wildman–Crippen LogP) is 5.04. The molecule has 0 atom stereocenters. The molecule has 29 heavy (non-hydrogen) atoms. The van der Waals surface area contributed by atoms with Gasteiger partial charge < -0.3 is 15.3 Å². The number of nitrogens with zero attached hydrogens (tertiary/aromatic N) is 3. The first-order valence-electron chi connectivity index (χ1n) is 10.1. The summed E-state index contributed by atoms with van der Waals surface area (Å²) in [5.41, 5.74) is 6.23.